The van der Waals surface area contributed by atoms with E-state index in [0.29, 0.717) is 23.4 Å². The van der Waals surface area contributed by atoms with Gasteiger partial charge in [0.1, 0.15) is 18.5 Å². The van der Waals surface area contributed by atoms with Gasteiger partial charge in [0.25, 0.3) is 0 Å². The number of hydrogen-bond acceptors (Lipinski definition) is 5. The molecule has 5 rings (SSSR count). The van der Waals surface area contributed by atoms with E-state index in [0.717, 1.165) is 53.3 Å². The summed E-state index contributed by atoms with van der Waals surface area (Å²) in [5.41, 5.74) is 3.79. The zero-order valence-corrected chi connectivity index (χ0v) is 22.1. The Morgan fingerprint density at radius 3 is 2.53 bits per heavy atom. The summed E-state index contributed by atoms with van der Waals surface area (Å²) in [6, 6.07) is 16.6. The lowest BCUT2D eigenvalue weighted by Gasteiger charge is -2.30. The Labute approximate surface area is 222 Å². The Morgan fingerprint density at radius 1 is 1.11 bits per heavy atom. The fourth-order valence-electron chi connectivity index (χ4n) is 4.89. The molecule has 4 aromatic rings. The summed E-state index contributed by atoms with van der Waals surface area (Å²) in [6.45, 7) is 1.28. The van der Waals surface area contributed by atoms with Crippen LogP contribution in [0.5, 0.6) is 0 Å². The third-order valence-electron chi connectivity index (χ3n) is 6.92. The average molecular weight is 545 g/mol. The summed E-state index contributed by atoms with van der Waals surface area (Å²) in [4.78, 5) is 3.02. The third-order valence-corrected chi connectivity index (χ3v) is 7.86. The molecule has 2 aromatic carbocycles. The molecule has 3 N–H and O–H groups in total. The van der Waals surface area contributed by atoms with E-state index in [1.54, 1.807) is 42.7 Å². The number of nitrogens with one attached hydrogen (secondary N) is 3. The topological polar surface area (TPSA) is 84.0 Å². The molecule has 38 heavy (non-hydrogen) atoms. The van der Waals surface area contributed by atoms with Gasteiger partial charge in [-0.1, -0.05) is 6.07 Å². The number of anilines is 2. The number of H-pyrrole nitrogens is 1. The van der Waals surface area contributed by atoms with Gasteiger partial charge in [0, 0.05) is 22.8 Å². The van der Waals surface area contributed by atoms with Gasteiger partial charge in [-0.05, 0) is 92.7 Å². The number of aromatic nitrogens is 3. The molecule has 3 heterocycles. The first-order chi connectivity index (χ1) is 18.2. The molecular weight excluding hydrogens is 513 g/mol. The van der Waals surface area contributed by atoms with Gasteiger partial charge in [-0.25, -0.2) is 0 Å². The number of piperidine rings is 1. The van der Waals surface area contributed by atoms with Crippen molar-refractivity contribution in [1.82, 2.24) is 19.7 Å². The number of likely N-dealkylation sites (tertiary alicyclic amines) is 1. The van der Waals surface area contributed by atoms with Crippen molar-refractivity contribution in [3.05, 3.63) is 60.3 Å². The Balaban J connectivity index is 1.41. The van der Waals surface area contributed by atoms with Crippen molar-refractivity contribution in [1.29, 1.82) is 0 Å². The van der Waals surface area contributed by atoms with Crippen LogP contribution in [0, 0.1) is 0 Å². The van der Waals surface area contributed by atoms with Crippen LogP contribution in [0.4, 0.5) is 24.5 Å². The van der Waals surface area contributed by atoms with Crippen LogP contribution in [0.1, 0.15) is 18.5 Å². The average Bonchev–Trinajstić information content (AvgIpc) is 3.49. The molecule has 0 spiro atoms. The van der Waals surface area contributed by atoms with Crippen LogP contribution in [0.2, 0.25) is 0 Å². The van der Waals surface area contributed by atoms with Crippen molar-refractivity contribution >= 4 is 33.5 Å². The van der Waals surface area contributed by atoms with E-state index < -0.39 is 23.9 Å². The van der Waals surface area contributed by atoms with E-state index in [9.17, 15) is 17.7 Å². The van der Waals surface area contributed by atoms with Crippen LogP contribution >= 0.6 is 0 Å². The van der Waals surface area contributed by atoms with Gasteiger partial charge >= 0.3 is 6.18 Å². The lowest BCUT2D eigenvalue weighted by molar-refractivity contribution is -0.139. The van der Waals surface area contributed by atoms with Gasteiger partial charge in [0.05, 0.1) is 23.4 Å². The second kappa shape index (κ2) is 10.9. The fraction of sp³-hybridized carbons (Fsp3) is 0.370. The summed E-state index contributed by atoms with van der Waals surface area (Å²) in [6.07, 6.45) is -0.789. The SMILES string of the molecule is CN1CCC(Nc2cccc3c2cc(-c2cc(CNc4ccc([S+](C)[O-])cc4)[nH]n2)n3CC(F)(F)F)CC1. The van der Waals surface area contributed by atoms with Gasteiger partial charge in [0.15, 0.2) is 4.90 Å². The maximum absolute atomic E-state index is 13.6. The predicted molar refractivity (Wildman–Crippen MR) is 146 cm³/mol. The summed E-state index contributed by atoms with van der Waals surface area (Å²) >= 11 is -1.05. The van der Waals surface area contributed by atoms with Crippen molar-refractivity contribution in [3.8, 4) is 11.4 Å². The summed E-state index contributed by atoms with van der Waals surface area (Å²) in [5.74, 6) is 0. The first-order valence-corrected chi connectivity index (χ1v) is 14.1. The molecular formula is C27H31F3N6OS. The van der Waals surface area contributed by atoms with E-state index in [-0.39, 0.29) is 6.04 Å². The normalized spacial score (nSPS) is 16.2. The van der Waals surface area contributed by atoms with E-state index in [1.165, 1.54) is 4.57 Å². The van der Waals surface area contributed by atoms with Gasteiger partial charge in [0.2, 0.25) is 0 Å². The molecule has 1 unspecified atom stereocenters. The molecule has 1 atom stereocenters. The number of nitrogens with zero attached hydrogens (tertiary/aromatic N) is 3. The molecule has 0 aliphatic carbocycles. The molecule has 1 aliphatic rings. The molecule has 1 fully saturated rings. The molecule has 202 valence electrons. The first-order valence-electron chi connectivity index (χ1n) is 12.5. The number of benzene rings is 2. The number of rotatable bonds is 8. The summed E-state index contributed by atoms with van der Waals surface area (Å²) in [5, 5.41) is 14.9. The molecule has 0 radical (unpaired) electrons. The van der Waals surface area contributed by atoms with Crippen molar-refractivity contribution < 1.29 is 17.7 Å². The van der Waals surface area contributed by atoms with E-state index in [1.807, 2.05) is 18.2 Å². The van der Waals surface area contributed by atoms with Crippen molar-refractivity contribution in [2.24, 2.45) is 0 Å². The maximum atomic E-state index is 13.6. The molecule has 1 saturated heterocycles. The van der Waals surface area contributed by atoms with Gasteiger partial charge < -0.3 is 24.7 Å². The molecule has 11 heteroatoms. The highest BCUT2D eigenvalue weighted by molar-refractivity contribution is 7.90. The Hall–Kier alpha value is -3.15. The minimum absolute atomic E-state index is 0.278. The minimum Gasteiger partial charge on any atom is -0.612 e. The quantitative estimate of drug-likeness (QED) is 0.257. The number of alkyl halides is 3. The minimum atomic E-state index is -4.38. The van der Waals surface area contributed by atoms with Crippen LogP contribution in [0.3, 0.4) is 0 Å². The van der Waals surface area contributed by atoms with Crippen LogP contribution in [0.15, 0.2) is 59.5 Å². The molecule has 2 aromatic heterocycles. The molecule has 0 saturated carbocycles. The highest BCUT2D eigenvalue weighted by Gasteiger charge is 2.31. The summed E-state index contributed by atoms with van der Waals surface area (Å²) in [7, 11) is 2.10. The Bertz CT molecular complexity index is 1370. The molecule has 1 aliphatic heterocycles. The molecule has 0 amide bonds. The van der Waals surface area contributed by atoms with Crippen molar-refractivity contribution in [2.75, 3.05) is 37.0 Å². The molecule has 0 bridgehead atoms. The van der Waals surface area contributed by atoms with Gasteiger partial charge in [-0.2, -0.15) is 18.3 Å². The lowest BCUT2D eigenvalue weighted by atomic mass is 10.0. The first kappa shape index (κ1) is 26.5. The number of aromatic amines is 1. The molecule has 7 nitrogen and oxygen atoms in total. The second-order valence-electron chi connectivity index (χ2n) is 9.80. The second-order valence-corrected chi connectivity index (χ2v) is 11.2. The van der Waals surface area contributed by atoms with Crippen molar-refractivity contribution in [2.45, 2.75) is 43.0 Å². The van der Waals surface area contributed by atoms with Gasteiger partial charge in [-0.3, -0.25) is 5.10 Å². The Kier molecular flexibility index (Phi) is 7.60. The van der Waals surface area contributed by atoms with Crippen LogP contribution in [0.25, 0.3) is 22.3 Å². The number of hydrogen-bond donors (Lipinski definition) is 3. The lowest BCUT2D eigenvalue weighted by Crippen LogP contribution is -2.36. The smallest absolute Gasteiger partial charge is 0.406 e. The number of halogens is 3. The van der Waals surface area contributed by atoms with E-state index in [2.05, 4.69) is 32.8 Å². The largest absolute Gasteiger partial charge is 0.612 e. The standard InChI is InChI=1S/C27H31F3N6OS/c1-35-12-10-19(11-13-35)32-23-4-3-5-25-22(23)15-26(36(25)17-27(28,29)30)24-14-20(33-34-24)16-31-18-6-8-21(9-7-18)38(2)37/h3-9,14-15,19,31-32H,10-13,16-17H2,1-2H3,(H,33,34). The van der Waals surface area contributed by atoms with Crippen LogP contribution < -0.4 is 10.6 Å². The van der Waals surface area contributed by atoms with Crippen molar-refractivity contribution in [3.63, 3.8) is 0 Å². The van der Waals surface area contributed by atoms with E-state index >= 15 is 0 Å². The maximum Gasteiger partial charge on any atom is 0.406 e. The fourth-order valence-corrected chi connectivity index (χ4v) is 5.41. The Morgan fingerprint density at radius 2 is 1.84 bits per heavy atom. The predicted octanol–water partition coefficient (Wildman–Crippen LogP) is 5.45. The van der Waals surface area contributed by atoms with Gasteiger partial charge in [-0.15, -0.1) is 0 Å². The monoisotopic (exact) mass is 544 g/mol. The summed E-state index contributed by atoms with van der Waals surface area (Å²) < 4.78 is 53.8. The highest BCUT2D eigenvalue weighted by Crippen LogP contribution is 2.35. The van der Waals surface area contributed by atoms with Crippen LogP contribution in [-0.2, 0) is 24.3 Å². The van der Waals surface area contributed by atoms with Crippen LogP contribution in [-0.4, -0.2) is 62.8 Å². The van der Waals surface area contributed by atoms with E-state index in [4.69, 9.17) is 0 Å². The third kappa shape index (κ3) is 6.11. The zero-order chi connectivity index (χ0) is 26.9. The number of fused-ring (bicyclic) bond motifs is 1. The zero-order valence-electron chi connectivity index (χ0n) is 21.3. The highest BCUT2D eigenvalue weighted by atomic mass is 32.2.